The summed E-state index contributed by atoms with van der Waals surface area (Å²) in [6.45, 7) is 4.39. The SMILES string of the molecule is O=C(NCCCCN1CCCC1)c1cncc(Br)c1. The highest BCUT2D eigenvalue weighted by Crippen LogP contribution is 2.10. The molecule has 0 bridgehead atoms. The van der Waals surface area contributed by atoms with E-state index in [9.17, 15) is 4.79 Å². The van der Waals surface area contributed by atoms with Gasteiger partial charge in [0.1, 0.15) is 0 Å². The van der Waals surface area contributed by atoms with Crippen LogP contribution in [0.2, 0.25) is 0 Å². The number of carbonyl (C=O) groups is 1. The molecule has 1 aliphatic rings. The average molecular weight is 326 g/mol. The van der Waals surface area contributed by atoms with Gasteiger partial charge in [-0.2, -0.15) is 0 Å². The summed E-state index contributed by atoms with van der Waals surface area (Å²) in [6, 6.07) is 1.78. The minimum absolute atomic E-state index is 0.0463. The molecule has 0 atom stereocenters. The number of amides is 1. The Bertz CT molecular complexity index is 419. The molecule has 1 aromatic heterocycles. The first-order chi connectivity index (χ1) is 9.25. The summed E-state index contributed by atoms with van der Waals surface area (Å²) in [4.78, 5) is 18.3. The van der Waals surface area contributed by atoms with Gasteiger partial charge in [0.25, 0.3) is 5.91 Å². The number of nitrogens with one attached hydrogen (secondary N) is 1. The minimum Gasteiger partial charge on any atom is -0.352 e. The molecule has 0 aromatic carbocycles. The van der Waals surface area contributed by atoms with E-state index >= 15 is 0 Å². The first kappa shape index (κ1) is 14.5. The van der Waals surface area contributed by atoms with Crippen molar-refractivity contribution in [3.8, 4) is 0 Å². The van der Waals surface area contributed by atoms with Gasteiger partial charge in [-0.3, -0.25) is 9.78 Å². The van der Waals surface area contributed by atoms with E-state index in [0.717, 1.165) is 30.4 Å². The standard InChI is InChI=1S/C14H20BrN3O/c15-13-9-12(10-16-11-13)14(19)17-5-1-2-6-18-7-3-4-8-18/h9-11H,1-8H2,(H,17,19). The number of aromatic nitrogens is 1. The van der Waals surface area contributed by atoms with E-state index in [-0.39, 0.29) is 5.91 Å². The Morgan fingerprint density at radius 1 is 1.32 bits per heavy atom. The summed E-state index contributed by atoms with van der Waals surface area (Å²) >= 11 is 3.31. The third-order valence-corrected chi connectivity index (χ3v) is 3.79. The van der Waals surface area contributed by atoms with Crippen LogP contribution < -0.4 is 5.32 Å². The lowest BCUT2D eigenvalue weighted by atomic mass is 10.2. The van der Waals surface area contributed by atoms with Gasteiger partial charge in [0.15, 0.2) is 0 Å². The maximum atomic E-state index is 11.8. The number of hydrogen-bond donors (Lipinski definition) is 1. The second kappa shape index (κ2) is 7.60. The van der Waals surface area contributed by atoms with Crippen LogP contribution in [0, 0.1) is 0 Å². The van der Waals surface area contributed by atoms with Crippen molar-refractivity contribution >= 4 is 21.8 Å². The molecule has 104 valence electrons. The van der Waals surface area contributed by atoms with E-state index in [1.54, 1.807) is 18.5 Å². The molecule has 1 saturated heterocycles. The van der Waals surface area contributed by atoms with E-state index in [1.165, 1.54) is 25.9 Å². The van der Waals surface area contributed by atoms with Gasteiger partial charge in [0.05, 0.1) is 5.56 Å². The highest BCUT2D eigenvalue weighted by Gasteiger charge is 2.10. The Hall–Kier alpha value is -0.940. The third-order valence-electron chi connectivity index (χ3n) is 3.35. The van der Waals surface area contributed by atoms with Crippen LogP contribution in [0.25, 0.3) is 0 Å². The summed E-state index contributed by atoms with van der Waals surface area (Å²) in [5, 5.41) is 2.93. The van der Waals surface area contributed by atoms with Gasteiger partial charge in [-0.05, 0) is 67.3 Å². The summed E-state index contributed by atoms with van der Waals surface area (Å²) in [5.41, 5.74) is 0.605. The van der Waals surface area contributed by atoms with Crippen LogP contribution in [0.5, 0.6) is 0 Å². The van der Waals surface area contributed by atoms with Crippen molar-refractivity contribution < 1.29 is 4.79 Å². The monoisotopic (exact) mass is 325 g/mol. The molecule has 0 aliphatic carbocycles. The van der Waals surface area contributed by atoms with Crippen LogP contribution in [-0.4, -0.2) is 42.0 Å². The molecular formula is C14H20BrN3O. The zero-order valence-electron chi connectivity index (χ0n) is 11.1. The number of nitrogens with zero attached hydrogens (tertiary/aromatic N) is 2. The molecule has 0 radical (unpaired) electrons. The number of rotatable bonds is 6. The second-order valence-electron chi connectivity index (χ2n) is 4.90. The number of likely N-dealkylation sites (tertiary alicyclic amines) is 1. The number of unbranched alkanes of at least 4 members (excludes halogenated alkanes) is 1. The smallest absolute Gasteiger partial charge is 0.252 e. The average Bonchev–Trinajstić information content (AvgIpc) is 2.91. The first-order valence-electron chi connectivity index (χ1n) is 6.87. The van der Waals surface area contributed by atoms with Crippen molar-refractivity contribution in [2.24, 2.45) is 0 Å². The Morgan fingerprint density at radius 2 is 2.11 bits per heavy atom. The van der Waals surface area contributed by atoms with Gasteiger partial charge in [0, 0.05) is 23.4 Å². The fourth-order valence-electron chi connectivity index (χ4n) is 2.31. The summed E-state index contributed by atoms with van der Waals surface area (Å²) < 4.78 is 0.828. The minimum atomic E-state index is -0.0463. The van der Waals surface area contributed by atoms with E-state index in [2.05, 4.69) is 31.1 Å². The van der Waals surface area contributed by atoms with Crippen molar-refractivity contribution in [3.63, 3.8) is 0 Å². The molecule has 1 aliphatic heterocycles. The lowest BCUT2D eigenvalue weighted by Crippen LogP contribution is -2.26. The lowest BCUT2D eigenvalue weighted by molar-refractivity contribution is 0.0952. The first-order valence-corrected chi connectivity index (χ1v) is 7.66. The van der Waals surface area contributed by atoms with Gasteiger partial charge < -0.3 is 10.2 Å². The van der Waals surface area contributed by atoms with Crippen molar-refractivity contribution in [2.75, 3.05) is 26.2 Å². The lowest BCUT2D eigenvalue weighted by Gasteiger charge is -2.14. The second-order valence-corrected chi connectivity index (χ2v) is 5.82. The van der Waals surface area contributed by atoms with Crippen LogP contribution >= 0.6 is 15.9 Å². The van der Waals surface area contributed by atoms with Gasteiger partial charge in [0.2, 0.25) is 0 Å². The van der Waals surface area contributed by atoms with Gasteiger partial charge in [-0.25, -0.2) is 0 Å². The predicted octanol–water partition coefficient (Wildman–Crippen LogP) is 2.45. The Balaban J connectivity index is 1.61. The Morgan fingerprint density at radius 3 is 2.84 bits per heavy atom. The maximum Gasteiger partial charge on any atom is 0.252 e. The topological polar surface area (TPSA) is 45.2 Å². The molecule has 1 N–H and O–H groups in total. The van der Waals surface area contributed by atoms with Crippen LogP contribution in [0.15, 0.2) is 22.9 Å². The van der Waals surface area contributed by atoms with Crippen LogP contribution in [0.4, 0.5) is 0 Å². The zero-order valence-corrected chi connectivity index (χ0v) is 12.7. The molecule has 2 rings (SSSR count). The number of carbonyl (C=O) groups excluding carboxylic acids is 1. The highest BCUT2D eigenvalue weighted by atomic mass is 79.9. The molecule has 0 spiro atoms. The summed E-state index contributed by atoms with van der Waals surface area (Å²) in [6.07, 6.45) is 8.12. The van der Waals surface area contributed by atoms with E-state index in [0.29, 0.717) is 5.56 Å². The zero-order chi connectivity index (χ0) is 13.5. The molecule has 0 unspecified atom stereocenters. The van der Waals surface area contributed by atoms with Crippen LogP contribution in [0.1, 0.15) is 36.0 Å². The molecule has 2 heterocycles. The number of hydrogen-bond acceptors (Lipinski definition) is 3. The quantitative estimate of drug-likeness (QED) is 0.817. The van der Waals surface area contributed by atoms with E-state index in [1.807, 2.05) is 0 Å². The molecule has 0 saturated carbocycles. The van der Waals surface area contributed by atoms with E-state index in [4.69, 9.17) is 0 Å². The molecule has 1 amide bonds. The molecule has 1 fully saturated rings. The largest absolute Gasteiger partial charge is 0.352 e. The highest BCUT2D eigenvalue weighted by molar-refractivity contribution is 9.10. The van der Waals surface area contributed by atoms with Crippen molar-refractivity contribution in [3.05, 3.63) is 28.5 Å². The fraction of sp³-hybridized carbons (Fsp3) is 0.571. The Kier molecular flexibility index (Phi) is 5.79. The van der Waals surface area contributed by atoms with E-state index < -0.39 is 0 Å². The van der Waals surface area contributed by atoms with Crippen LogP contribution in [0.3, 0.4) is 0 Å². The fourth-order valence-corrected chi connectivity index (χ4v) is 2.67. The van der Waals surface area contributed by atoms with Crippen molar-refractivity contribution in [2.45, 2.75) is 25.7 Å². The molecule has 1 aromatic rings. The van der Waals surface area contributed by atoms with Gasteiger partial charge in [-0.15, -0.1) is 0 Å². The third kappa shape index (κ3) is 4.91. The number of halogens is 1. The number of pyridine rings is 1. The molecule has 19 heavy (non-hydrogen) atoms. The molecule has 5 heteroatoms. The molecule has 4 nitrogen and oxygen atoms in total. The summed E-state index contributed by atoms with van der Waals surface area (Å²) in [5.74, 6) is -0.0463. The van der Waals surface area contributed by atoms with Crippen molar-refractivity contribution in [1.29, 1.82) is 0 Å². The maximum absolute atomic E-state index is 11.8. The van der Waals surface area contributed by atoms with Crippen molar-refractivity contribution in [1.82, 2.24) is 15.2 Å². The predicted molar refractivity (Wildman–Crippen MR) is 79.2 cm³/mol. The molecular weight excluding hydrogens is 306 g/mol. The normalized spacial score (nSPS) is 15.6. The van der Waals surface area contributed by atoms with Crippen LogP contribution in [-0.2, 0) is 0 Å². The van der Waals surface area contributed by atoms with Gasteiger partial charge in [-0.1, -0.05) is 0 Å². The summed E-state index contributed by atoms with van der Waals surface area (Å²) in [7, 11) is 0. The Labute approximate surface area is 122 Å². The van der Waals surface area contributed by atoms with Gasteiger partial charge >= 0.3 is 0 Å².